The van der Waals surface area contributed by atoms with E-state index in [0.29, 0.717) is 12.2 Å². The van der Waals surface area contributed by atoms with Gasteiger partial charge >= 0.3 is 0 Å². The number of hydrogen-bond donors (Lipinski definition) is 0. The number of hydrazone groups is 1. The van der Waals surface area contributed by atoms with Crippen molar-refractivity contribution in [2.24, 2.45) is 5.10 Å². The summed E-state index contributed by atoms with van der Waals surface area (Å²) in [5.74, 6) is -0.440. The minimum Gasteiger partial charge on any atom is -0.467 e. The molecule has 1 aromatic heterocycles. The summed E-state index contributed by atoms with van der Waals surface area (Å²) in [6.45, 7) is 0. The van der Waals surface area contributed by atoms with E-state index in [-0.39, 0.29) is 5.56 Å². The van der Waals surface area contributed by atoms with E-state index < -0.39 is 17.8 Å². The van der Waals surface area contributed by atoms with Crippen LogP contribution in [0.15, 0.2) is 80.9 Å². The Hall–Kier alpha value is -2.73. The summed E-state index contributed by atoms with van der Waals surface area (Å²) in [6, 6.07) is 16.8. The van der Waals surface area contributed by atoms with Crippen LogP contribution in [0.3, 0.4) is 0 Å². The van der Waals surface area contributed by atoms with Crippen LogP contribution in [0.4, 0.5) is 4.39 Å². The highest BCUT2D eigenvalue weighted by molar-refractivity contribution is 9.10. The molecule has 0 bridgehead atoms. The van der Waals surface area contributed by atoms with Crippen molar-refractivity contribution in [1.29, 1.82) is 0 Å². The molecule has 1 amide bonds. The standard InChI is InChI=1S/C20H14BrFN2O2/c21-14-9-7-13(8-10-14)17-12-18(19-6-3-11-26-19)24(23-17)20(25)15-4-1-2-5-16(15)22/h1-11,18H,12H2/t18-/m1/s1. The van der Waals surface area contributed by atoms with Crippen molar-refractivity contribution in [3.05, 3.63) is 94.1 Å². The maximum absolute atomic E-state index is 14.1. The van der Waals surface area contributed by atoms with Gasteiger partial charge in [0.05, 0.1) is 17.5 Å². The van der Waals surface area contributed by atoms with E-state index in [1.807, 2.05) is 24.3 Å². The molecule has 1 atom stereocenters. The number of furan rings is 1. The Balaban J connectivity index is 1.73. The van der Waals surface area contributed by atoms with Crippen molar-refractivity contribution in [3.63, 3.8) is 0 Å². The molecule has 0 N–H and O–H groups in total. The molecule has 4 rings (SSSR count). The number of carbonyl (C=O) groups is 1. The summed E-state index contributed by atoms with van der Waals surface area (Å²) in [6.07, 6.45) is 2.05. The third kappa shape index (κ3) is 3.08. The lowest BCUT2D eigenvalue weighted by molar-refractivity contribution is 0.0688. The molecule has 4 nitrogen and oxygen atoms in total. The SMILES string of the molecule is O=C(c1ccccc1F)N1N=C(c2ccc(Br)cc2)C[C@@H]1c1ccco1. The van der Waals surface area contributed by atoms with Crippen LogP contribution in [0, 0.1) is 5.82 Å². The second-order valence-electron chi connectivity index (χ2n) is 5.92. The average Bonchev–Trinajstić information content (AvgIpc) is 3.32. The first-order valence-corrected chi connectivity index (χ1v) is 8.87. The van der Waals surface area contributed by atoms with Crippen LogP contribution < -0.4 is 0 Å². The van der Waals surface area contributed by atoms with Gasteiger partial charge in [-0.15, -0.1) is 0 Å². The van der Waals surface area contributed by atoms with Gasteiger partial charge in [0.25, 0.3) is 5.91 Å². The highest BCUT2D eigenvalue weighted by atomic mass is 79.9. The van der Waals surface area contributed by atoms with Crippen molar-refractivity contribution in [1.82, 2.24) is 5.01 Å². The summed E-state index contributed by atoms with van der Waals surface area (Å²) in [7, 11) is 0. The van der Waals surface area contributed by atoms with Gasteiger partial charge in [-0.25, -0.2) is 9.40 Å². The molecule has 2 heterocycles. The second kappa shape index (κ2) is 6.88. The minimum absolute atomic E-state index is 0.00939. The fraction of sp³-hybridized carbons (Fsp3) is 0.100. The monoisotopic (exact) mass is 412 g/mol. The third-order valence-electron chi connectivity index (χ3n) is 4.27. The van der Waals surface area contributed by atoms with Gasteiger partial charge in [0, 0.05) is 10.9 Å². The maximum atomic E-state index is 14.1. The quantitative estimate of drug-likeness (QED) is 0.595. The minimum atomic E-state index is -0.567. The number of carbonyl (C=O) groups excluding carboxylic acids is 1. The van der Waals surface area contributed by atoms with Crippen molar-refractivity contribution in [3.8, 4) is 0 Å². The zero-order valence-corrected chi connectivity index (χ0v) is 15.2. The third-order valence-corrected chi connectivity index (χ3v) is 4.80. The van der Waals surface area contributed by atoms with Gasteiger partial charge in [0.15, 0.2) is 0 Å². The zero-order chi connectivity index (χ0) is 18.1. The highest BCUT2D eigenvalue weighted by Gasteiger charge is 2.36. The first kappa shape index (κ1) is 16.7. The number of nitrogens with zero attached hydrogens (tertiary/aromatic N) is 2. The molecule has 6 heteroatoms. The van der Waals surface area contributed by atoms with Crippen molar-refractivity contribution in [2.45, 2.75) is 12.5 Å². The van der Waals surface area contributed by atoms with Gasteiger partial charge in [0.2, 0.25) is 0 Å². The van der Waals surface area contributed by atoms with Crippen LogP contribution in [0.2, 0.25) is 0 Å². The van der Waals surface area contributed by atoms with Crippen LogP contribution in [0.25, 0.3) is 0 Å². The lowest BCUT2D eigenvalue weighted by Gasteiger charge is -2.20. The fourth-order valence-electron chi connectivity index (χ4n) is 2.98. The first-order chi connectivity index (χ1) is 12.6. The molecule has 0 aliphatic carbocycles. The zero-order valence-electron chi connectivity index (χ0n) is 13.6. The van der Waals surface area contributed by atoms with Crippen LogP contribution in [-0.4, -0.2) is 16.6 Å². The maximum Gasteiger partial charge on any atom is 0.277 e. The molecule has 1 aliphatic rings. The summed E-state index contributed by atoms with van der Waals surface area (Å²) in [4.78, 5) is 12.9. The van der Waals surface area contributed by atoms with Gasteiger partial charge in [-0.05, 0) is 42.0 Å². The van der Waals surface area contributed by atoms with Gasteiger partial charge in [-0.3, -0.25) is 4.79 Å². The summed E-state index contributed by atoms with van der Waals surface area (Å²) in [5.41, 5.74) is 1.65. The van der Waals surface area contributed by atoms with Crippen molar-refractivity contribution >= 4 is 27.5 Å². The topological polar surface area (TPSA) is 45.8 Å². The van der Waals surface area contributed by atoms with E-state index >= 15 is 0 Å². The van der Waals surface area contributed by atoms with E-state index in [1.54, 1.807) is 30.5 Å². The molecule has 130 valence electrons. The number of amides is 1. The summed E-state index contributed by atoms with van der Waals surface area (Å²) in [5, 5.41) is 5.82. The van der Waals surface area contributed by atoms with Crippen molar-refractivity contribution < 1.29 is 13.6 Å². The summed E-state index contributed by atoms with van der Waals surface area (Å²) < 4.78 is 20.6. The number of halogens is 2. The Morgan fingerprint density at radius 2 is 1.88 bits per heavy atom. The van der Waals surface area contributed by atoms with Gasteiger partial charge < -0.3 is 4.42 Å². The van der Waals surface area contributed by atoms with Gasteiger partial charge in [-0.2, -0.15) is 5.10 Å². The second-order valence-corrected chi connectivity index (χ2v) is 6.83. The highest BCUT2D eigenvalue weighted by Crippen LogP contribution is 2.34. The summed E-state index contributed by atoms with van der Waals surface area (Å²) >= 11 is 3.41. The Morgan fingerprint density at radius 1 is 1.12 bits per heavy atom. The smallest absolute Gasteiger partial charge is 0.277 e. The first-order valence-electron chi connectivity index (χ1n) is 8.08. The molecule has 0 fully saturated rings. The number of rotatable bonds is 3. The van der Waals surface area contributed by atoms with Gasteiger partial charge in [-0.1, -0.05) is 40.2 Å². The Bertz CT molecular complexity index is 968. The van der Waals surface area contributed by atoms with Crippen LogP contribution in [0.1, 0.15) is 34.1 Å². The molecule has 0 saturated heterocycles. The Morgan fingerprint density at radius 3 is 2.58 bits per heavy atom. The Kier molecular flexibility index (Phi) is 4.42. The van der Waals surface area contributed by atoms with Crippen molar-refractivity contribution in [2.75, 3.05) is 0 Å². The van der Waals surface area contributed by atoms with E-state index in [1.165, 1.54) is 17.1 Å². The number of hydrogen-bond acceptors (Lipinski definition) is 3. The fourth-order valence-corrected chi connectivity index (χ4v) is 3.24. The molecular formula is C20H14BrFN2O2. The largest absolute Gasteiger partial charge is 0.467 e. The Labute approximate surface area is 158 Å². The lowest BCUT2D eigenvalue weighted by atomic mass is 10.0. The predicted octanol–water partition coefficient (Wildman–Crippen LogP) is 5.17. The molecule has 1 aliphatic heterocycles. The van der Waals surface area contributed by atoms with Crippen LogP contribution in [-0.2, 0) is 0 Å². The van der Waals surface area contributed by atoms with E-state index in [9.17, 15) is 9.18 Å². The normalized spacial score (nSPS) is 16.6. The molecule has 3 aromatic rings. The predicted molar refractivity (Wildman–Crippen MR) is 99.3 cm³/mol. The number of benzene rings is 2. The molecular weight excluding hydrogens is 399 g/mol. The average molecular weight is 413 g/mol. The molecule has 0 unspecified atom stereocenters. The lowest BCUT2D eigenvalue weighted by Crippen LogP contribution is -2.27. The molecule has 26 heavy (non-hydrogen) atoms. The molecule has 0 spiro atoms. The molecule has 0 radical (unpaired) electrons. The van der Waals surface area contributed by atoms with E-state index in [4.69, 9.17) is 4.42 Å². The van der Waals surface area contributed by atoms with E-state index in [2.05, 4.69) is 21.0 Å². The molecule has 0 saturated carbocycles. The van der Waals surface area contributed by atoms with Crippen LogP contribution >= 0.6 is 15.9 Å². The molecule has 2 aromatic carbocycles. The van der Waals surface area contributed by atoms with Gasteiger partial charge in [0.1, 0.15) is 17.6 Å². The van der Waals surface area contributed by atoms with Crippen LogP contribution in [0.5, 0.6) is 0 Å². The van der Waals surface area contributed by atoms with E-state index in [0.717, 1.165) is 15.7 Å².